The van der Waals surface area contributed by atoms with E-state index in [0.717, 1.165) is 0 Å². The third-order valence-corrected chi connectivity index (χ3v) is 3.88. The van der Waals surface area contributed by atoms with Gasteiger partial charge in [0.25, 0.3) is 0 Å². The Hall–Kier alpha value is -0.580. The summed E-state index contributed by atoms with van der Waals surface area (Å²) in [4.78, 5) is 0. The van der Waals surface area contributed by atoms with Crippen molar-refractivity contribution in [2.75, 3.05) is 139 Å². The van der Waals surface area contributed by atoms with Crippen molar-refractivity contribution in [3.05, 3.63) is 0 Å². The Morgan fingerprint density at radius 2 is 0.543 bits per heavy atom. The minimum Gasteiger partial charge on any atom is -0.382 e. The molecule has 0 aromatic rings. The van der Waals surface area contributed by atoms with Crippen LogP contribution in [0.1, 0.15) is 0 Å². The van der Waals surface area contributed by atoms with Crippen LogP contribution in [-0.2, 0) is 52.1 Å². The molecule has 35 heavy (non-hydrogen) atoms. The zero-order chi connectivity index (χ0) is 25.5. The van der Waals surface area contributed by atoms with E-state index in [4.69, 9.17) is 47.4 Å². The van der Waals surface area contributed by atoms with E-state index < -0.39 is 6.61 Å². The van der Waals surface area contributed by atoms with Crippen LogP contribution >= 0.6 is 0 Å². The first-order chi connectivity index (χ1) is 17.3. The van der Waals surface area contributed by atoms with Gasteiger partial charge in [0.2, 0.25) is 0 Å². The third-order valence-electron chi connectivity index (χ3n) is 3.88. The molecule has 0 spiro atoms. The molecule has 0 fully saturated rings. The van der Waals surface area contributed by atoms with Gasteiger partial charge in [0, 0.05) is 7.11 Å². The summed E-state index contributed by atoms with van der Waals surface area (Å²) in [7, 11) is 1.64. The lowest BCUT2D eigenvalue weighted by atomic mass is 10.6. The normalized spacial score (nSPS) is 11.7. The third kappa shape index (κ3) is 33.4. The molecule has 0 radical (unpaired) electrons. The van der Waals surface area contributed by atoms with E-state index in [9.17, 15) is 8.78 Å². The molecule has 0 rings (SSSR count). The van der Waals surface area contributed by atoms with Crippen molar-refractivity contribution in [2.45, 2.75) is 6.61 Å². The molecule has 0 heterocycles. The fourth-order valence-electron chi connectivity index (χ4n) is 2.20. The molecule has 11 nitrogen and oxygen atoms in total. The highest BCUT2D eigenvalue weighted by molar-refractivity contribution is 4.38. The first kappa shape index (κ1) is 34.4. The largest absolute Gasteiger partial charge is 0.382 e. The highest BCUT2D eigenvalue weighted by atomic mass is 19.3. The van der Waals surface area contributed by atoms with Gasteiger partial charge in [-0.3, -0.25) is 0 Å². The summed E-state index contributed by atoms with van der Waals surface area (Å²) in [6, 6.07) is 0. The van der Waals surface area contributed by atoms with Crippen LogP contribution in [0.15, 0.2) is 0 Å². The first-order valence-corrected chi connectivity index (χ1v) is 11.9. The molecule has 0 saturated heterocycles. The Morgan fingerprint density at radius 3 is 0.743 bits per heavy atom. The average Bonchev–Trinajstić information content (AvgIpc) is 2.85. The van der Waals surface area contributed by atoms with E-state index in [1.807, 2.05) is 0 Å². The minimum absolute atomic E-state index is 0.109. The average molecular weight is 523 g/mol. The zero-order valence-electron chi connectivity index (χ0n) is 21.0. The molecule has 0 bridgehead atoms. The highest BCUT2D eigenvalue weighted by Crippen LogP contribution is 1.93. The van der Waals surface area contributed by atoms with E-state index in [2.05, 4.69) is 4.74 Å². The molecule has 0 aliphatic rings. The Labute approximate surface area is 207 Å². The van der Waals surface area contributed by atoms with Crippen molar-refractivity contribution >= 4 is 0 Å². The van der Waals surface area contributed by atoms with E-state index in [0.29, 0.717) is 119 Å². The van der Waals surface area contributed by atoms with Crippen LogP contribution in [0.25, 0.3) is 0 Å². The molecule has 0 atom stereocenters. The van der Waals surface area contributed by atoms with Crippen molar-refractivity contribution < 1.29 is 60.9 Å². The molecule has 0 aliphatic carbocycles. The van der Waals surface area contributed by atoms with E-state index in [-0.39, 0.29) is 13.2 Å². The molecular weight excluding hydrogens is 478 g/mol. The van der Waals surface area contributed by atoms with Crippen molar-refractivity contribution in [3.8, 4) is 0 Å². The van der Waals surface area contributed by atoms with Gasteiger partial charge in [-0.05, 0) is 0 Å². The SMILES string of the molecule is COCCOCCOCCOCCOCCOCCOCCOCCOCCOCCOC(F)F. The van der Waals surface area contributed by atoms with E-state index in [1.165, 1.54) is 0 Å². The number of methoxy groups -OCH3 is 1. The van der Waals surface area contributed by atoms with Gasteiger partial charge in [-0.25, -0.2) is 0 Å². The van der Waals surface area contributed by atoms with Gasteiger partial charge < -0.3 is 52.1 Å². The Balaban J connectivity index is 3.01. The predicted octanol–water partition coefficient (Wildman–Crippen LogP) is 1.02. The maximum atomic E-state index is 11.7. The number of hydrogen-bond acceptors (Lipinski definition) is 11. The molecule has 0 saturated carbocycles. The number of alkyl halides is 2. The van der Waals surface area contributed by atoms with Crippen LogP contribution in [0.4, 0.5) is 8.78 Å². The second-order valence-corrected chi connectivity index (χ2v) is 6.64. The van der Waals surface area contributed by atoms with Crippen LogP contribution in [0.2, 0.25) is 0 Å². The summed E-state index contributed by atoms with van der Waals surface area (Å²) in [5.74, 6) is 0. The lowest BCUT2D eigenvalue weighted by Crippen LogP contribution is -2.15. The van der Waals surface area contributed by atoms with Gasteiger partial charge in [0.1, 0.15) is 0 Å². The molecule has 0 aromatic carbocycles. The smallest absolute Gasteiger partial charge is 0.345 e. The molecule has 0 unspecified atom stereocenters. The van der Waals surface area contributed by atoms with Crippen molar-refractivity contribution in [2.24, 2.45) is 0 Å². The molecule has 212 valence electrons. The molecule has 0 N–H and O–H groups in total. The molecule has 0 amide bonds. The second kappa shape index (κ2) is 31.4. The Kier molecular flexibility index (Phi) is 30.9. The molecule has 13 heteroatoms. The standard InChI is InChI=1S/C22H44F2O11/c1-25-2-3-26-4-5-27-6-7-28-8-9-29-10-11-30-12-13-31-14-15-32-16-17-33-18-19-34-20-21-35-22(23)24/h22H,2-21H2,1H3. The van der Waals surface area contributed by atoms with Crippen LogP contribution in [0.5, 0.6) is 0 Å². The first-order valence-electron chi connectivity index (χ1n) is 11.9. The Morgan fingerprint density at radius 1 is 0.343 bits per heavy atom. The van der Waals surface area contributed by atoms with Crippen LogP contribution < -0.4 is 0 Å². The highest BCUT2D eigenvalue weighted by Gasteiger charge is 2.00. The lowest BCUT2D eigenvalue weighted by molar-refractivity contribution is -0.140. The van der Waals surface area contributed by atoms with Gasteiger partial charge in [-0.1, -0.05) is 0 Å². The van der Waals surface area contributed by atoms with Gasteiger partial charge in [0.05, 0.1) is 132 Å². The van der Waals surface area contributed by atoms with E-state index >= 15 is 0 Å². The van der Waals surface area contributed by atoms with Crippen LogP contribution in [-0.4, -0.2) is 146 Å². The summed E-state index contributed by atoms with van der Waals surface area (Å²) in [5, 5.41) is 0. The van der Waals surface area contributed by atoms with E-state index in [1.54, 1.807) is 7.11 Å². The second-order valence-electron chi connectivity index (χ2n) is 6.64. The number of hydrogen-bond donors (Lipinski definition) is 0. The number of ether oxygens (including phenoxy) is 11. The van der Waals surface area contributed by atoms with Gasteiger partial charge in [-0.2, -0.15) is 8.78 Å². The predicted molar refractivity (Wildman–Crippen MR) is 121 cm³/mol. The van der Waals surface area contributed by atoms with Gasteiger partial charge >= 0.3 is 6.61 Å². The maximum absolute atomic E-state index is 11.7. The summed E-state index contributed by atoms with van der Waals surface area (Å²) in [6.07, 6.45) is 0. The van der Waals surface area contributed by atoms with Crippen molar-refractivity contribution in [1.82, 2.24) is 0 Å². The molecule has 0 aliphatic heterocycles. The summed E-state index contributed by atoms with van der Waals surface area (Å²) >= 11 is 0. The maximum Gasteiger partial charge on any atom is 0.345 e. The minimum atomic E-state index is -2.76. The van der Waals surface area contributed by atoms with Gasteiger partial charge in [-0.15, -0.1) is 0 Å². The topological polar surface area (TPSA) is 102 Å². The summed E-state index contributed by atoms with van der Waals surface area (Å²) in [5.41, 5.74) is 0. The molecule has 0 aromatic heterocycles. The fourth-order valence-corrected chi connectivity index (χ4v) is 2.20. The Bertz CT molecular complexity index is 385. The summed E-state index contributed by atoms with van der Waals surface area (Å²) < 4.78 is 80.3. The van der Waals surface area contributed by atoms with Crippen molar-refractivity contribution in [3.63, 3.8) is 0 Å². The number of halogens is 2. The quantitative estimate of drug-likeness (QED) is 0.122. The lowest BCUT2D eigenvalue weighted by Gasteiger charge is -2.09. The van der Waals surface area contributed by atoms with Crippen LogP contribution in [0, 0.1) is 0 Å². The van der Waals surface area contributed by atoms with Crippen LogP contribution in [0.3, 0.4) is 0 Å². The van der Waals surface area contributed by atoms with Gasteiger partial charge in [0.15, 0.2) is 0 Å². The monoisotopic (exact) mass is 522 g/mol. The molecular formula is C22H44F2O11. The van der Waals surface area contributed by atoms with Crippen molar-refractivity contribution in [1.29, 1.82) is 0 Å². The number of rotatable bonds is 31. The zero-order valence-corrected chi connectivity index (χ0v) is 21.0. The fraction of sp³-hybridized carbons (Fsp3) is 1.00. The summed E-state index contributed by atoms with van der Waals surface area (Å²) in [6.45, 7) is 5.93.